The van der Waals surface area contributed by atoms with Crippen LogP contribution in [0.25, 0.3) is 0 Å². The molecule has 0 aliphatic rings. The van der Waals surface area contributed by atoms with Crippen molar-refractivity contribution >= 4 is 5.97 Å². The predicted octanol–water partition coefficient (Wildman–Crippen LogP) is 2.44. The van der Waals surface area contributed by atoms with Gasteiger partial charge in [-0.2, -0.15) is 0 Å². The summed E-state index contributed by atoms with van der Waals surface area (Å²) in [6, 6.07) is 6.35. The quantitative estimate of drug-likeness (QED) is 0.674. The average molecular weight is 193 g/mol. The molecule has 0 aliphatic heterocycles. The highest BCUT2D eigenvalue weighted by Gasteiger charge is 2.05. The van der Waals surface area contributed by atoms with Gasteiger partial charge in [0.1, 0.15) is 5.75 Å². The van der Waals surface area contributed by atoms with Crippen molar-refractivity contribution in [1.29, 1.82) is 0 Å². The summed E-state index contributed by atoms with van der Waals surface area (Å²) in [6.45, 7) is 2.69. The zero-order valence-corrected chi connectivity index (χ0v) is 8.16. The van der Waals surface area contributed by atoms with Gasteiger partial charge in [0, 0.05) is 0 Å². The maximum atomic E-state index is 10.5. The number of hydrogen-bond donors (Lipinski definition) is 0. The number of benzene rings is 1. The van der Waals surface area contributed by atoms with Crippen molar-refractivity contribution in [2.75, 3.05) is 6.61 Å². The van der Waals surface area contributed by atoms with Gasteiger partial charge >= 0.3 is 5.97 Å². The summed E-state index contributed by atoms with van der Waals surface area (Å²) >= 11 is 0. The summed E-state index contributed by atoms with van der Waals surface area (Å²) in [4.78, 5) is 10.5. The molecule has 0 aliphatic carbocycles. The van der Waals surface area contributed by atoms with E-state index in [1.54, 1.807) is 12.1 Å². The van der Waals surface area contributed by atoms with Crippen LogP contribution in [0.4, 0.5) is 0 Å². The molecule has 0 heterocycles. The fourth-order valence-electron chi connectivity index (χ4n) is 1.05. The van der Waals surface area contributed by atoms with E-state index in [4.69, 9.17) is 4.74 Å². The van der Waals surface area contributed by atoms with Crippen molar-refractivity contribution in [2.45, 2.75) is 19.8 Å². The van der Waals surface area contributed by atoms with E-state index >= 15 is 0 Å². The Kier molecular flexibility index (Phi) is 3.98. The molecule has 1 aromatic carbocycles. The molecule has 1 rings (SSSR count). The van der Waals surface area contributed by atoms with Crippen LogP contribution in [0.3, 0.4) is 0 Å². The first-order valence-electron chi connectivity index (χ1n) is 4.68. The third kappa shape index (κ3) is 3.09. The molecule has 3 nitrogen and oxygen atoms in total. The van der Waals surface area contributed by atoms with Gasteiger partial charge in [-0.25, -0.2) is 9.90 Å². The summed E-state index contributed by atoms with van der Waals surface area (Å²) < 4.78 is 5.35. The molecule has 1 aromatic rings. The maximum Gasteiger partial charge on any atom is 0.386 e. The molecule has 0 spiro atoms. The van der Waals surface area contributed by atoms with E-state index < -0.39 is 5.97 Å². The van der Waals surface area contributed by atoms with Gasteiger partial charge in [0.15, 0.2) is 0 Å². The van der Waals surface area contributed by atoms with Crippen LogP contribution >= 0.6 is 0 Å². The lowest BCUT2D eigenvalue weighted by molar-refractivity contribution is 0.0572. The van der Waals surface area contributed by atoms with Crippen LogP contribution in [0.5, 0.6) is 5.75 Å². The van der Waals surface area contributed by atoms with E-state index in [0.29, 0.717) is 12.4 Å². The second-order valence-electron chi connectivity index (χ2n) is 3.02. The van der Waals surface area contributed by atoms with Crippen molar-refractivity contribution in [3.8, 4) is 5.75 Å². The number of unbranched alkanes of at least 4 members (excludes halogenated alkanes) is 1. The molecule has 0 fully saturated rings. The monoisotopic (exact) mass is 193 g/mol. The second-order valence-corrected chi connectivity index (χ2v) is 3.02. The van der Waals surface area contributed by atoms with Gasteiger partial charge in [-0.15, -0.1) is 0 Å². The number of ether oxygens (including phenoxy) is 1. The number of hydrogen-bond acceptors (Lipinski definition) is 2. The van der Waals surface area contributed by atoms with E-state index in [1.807, 2.05) is 0 Å². The minimum atomic E-state index is -1.18. The highest BCUT2D eigenvalue weighted by molar-refractivity contribution is 5.87. The molecule has 0 atom stereocenters. The Morgan fingerprint density at radius 1 is 1.43 bits per heavy atom. The topological polar surface area (TPSA) is 46.2 Å². The molecule has 75 valence electrons. The lowest BCUT2D eigenvalue weighted by Crippen LogP contribution is -1.99. The van der Waals surface area contributed by atoms with Crippen molar-refractivity contribution in [2.24, 2.45) is 0 Å². The van der Waals surface area contributed by atoms with Crippen LogP contribution in [0.1, 0.15) is 30.1 Å². The standard InChI is InChI=1S/C11H13O3/c1-2-3-7-14-10-6-4-5-9(8-10)11(12)13/h4-6,8H,2-3,7H2,1H3. The van der Waals surface area contributed by atoms with Crippen LogP contribution in [0.15, 0.2) is 24.3 Å². The molecule has 14 heavy (non-hydrogen) atoms. The van der Waals surface area contributed by atoms with Crippen molar-refractivity contribution in [1.82, 2.24) is 0 Å². The summed E-state index contributed by atoms with van der Waals surface area (Å²) in [7, 11) is 0. The first-order chi connectivity index (χ1) is 6.74. The van der Waals surface area contributed by atoms with Crippen LogP contribution in [0.2, 0.25) is 0 Å². The van der Waals surface area contributed by atoms with Crippen LogP contribution in [-0.4, -0.2) is 12.6 Å². The number of carbonyl (C=O) groups is 1. The van der Waals surface area contributed by atoms with Crippen molar-refractivity contribution in [3.05, 3.63) is 29.8 Å². The average Bonchev–Trinajstić information content (AvgIpc) is 2.19. The highest BCUT2D eigenvalue weighted by Crippen LogP contribution is 2.13. The first kappa shape index (κ1) is 10.6. The lowest BCUT2D eigenvalue weighted by atomic mass is 10.2. The zero-order chi connectivity index (χ0) is 10.4. The van der Waals surface area contributed by atoms with Gasteiger partial charge in [-0.05, 0) is 24.6 Å². The molecular formula is C11H13O3. The normalized spacial score (nSPS) is 9.79. The van der Waals surface area contributed by atoms with Crippen LogP contribution in [0, 0.1) is 0 Å². The fraction of sp³-hybridized carbons (Fsp3) is 0.364. The first-order valence-corrected chi connectivity index (χ1v) is 4.68. The number of rotatable bonds is 5. The maximum absolute atomic E-state index is 10.5. The second kappa shape index (κ2) is 5.27. The summed E-state index contributed by atoms with van der Waals surface area (Å²) in [5.41, 5.74) is 0.152. The van der Waals surface area contributed by atoms with E-state index in [1.165, 1.54) is 12.1 Å². The van der Waals surface area contributed by atoms with Crippen LogP contribution < -0.4 is 4.74 Å². The molecule has 0 N–H and O–H groups in total. The zero-order valence-electron chi connectivity index (χ0n) is 8.16. The third-order valence-electron chi connectivity index (χ3n) is 1.84. The minimum Gasteiger partial charge on any atom is -0.494 e. The lowest BCUT2D eigenvalue weighted by Gasteiger charge is -2.04. The Labute approximate surface area is 83.3 Å². The van der Waals surface area contributed by atoms with Gasteiger partial charge < -0.3 is 4.74 Å². The Bertz CT molecular complexity index is 307. The number of carbonyl (C=O) groups excluding carboxylic acids is 1. The molecular weight excluding hydrogens is 180 g/mol. The smallest absolute Gasteiger partial charge is 0.386 e. The molecule has 0 amide bonds. The van der Waals surface area contributed by atoms with Crippen LogP contribution in [-0.2, 0) is 5.11 Å². The Balaban J connectivity index is 2.59. The largest absolute Gasteiger partial charge is 0.494 e. The van der Waals surface area contributed by atoms with Gasteiger partial charge in [0.05, 0.1) is 12.2 Å². The summed E-state index contributed by atoms with van der Waals surface area (Å²) in [5.74, 6) is -0.592. The summed E-state index contributed by atoms with van der Waals surface area (Å²) in [5, 5.41) is 10.5. The third-order valence-corrected chi connectivity index (χ3v) is 1.84. The Morgan fingerprint density at radius 2 is 2.21 bits per heavy atom. The van der Waals surface area contributed by atoms with Gasteiger partial charge in [0.2, 0.25) is 0 Å². The predicted molar refractivity (Wildman–Crippen MR) is 51.9 cm³/mol. The fourth-order valence-corrected chi connectivity index (χ4v) is 1.05. The van der Waals surface area contributed by atoms with E-state index in [-0.39, 0.29) is 5.56 Å². The molecule has 3 heteroatoms. The van der Waals surface area contributed by atoms with Crippen molar-refractivity contribution in [3.63, 3.8) is 0 Å². The van der Waals surface area contributed by atoms with E-state index in [9.17, 15) is 9.90 Å². The SMILES string of the molecule is CCCCOc1cccc(C([O])=O)c1. The minimum absolute atomic E-state index is 0.152. The Hall–Kier alpha value is -1.51. The molecule has 0 saturated carbocycles. The Morgan fingerprint density at radius 3 is 2.86 bits per heavy atom. The molecule has 0 bridgehead atoms. The molecule has 0 unspecified atom stereocenters. The van der Waals surface area contributed by atoms with Gasteiger partial charge in [-0.3, -0.25) is 0 Å². The van der Waals surface area contributed by atoms with Gasteiger partial charge in [0.25, 0.3) is 0 Å². The van der Waals surface area contributed by atoms with E-state index in [0.717, 1.165) is 12.8 Å². The van der Waals surface area contributed by atoms with Crippen molar-refractivity contribution < 1.29 is 14.6 Å². The molecule has 1 radical (unpaired) electrons. The van der Waals surface area contributed by atoms with E-state index in [2.05, 4.69) is 6.92 Å². The molecule has 0 aromatic heterocycles. The highest BCUT2D eigenvalue weighted by atomic mass is 16.5. The molecule has 0 saturated heterocycles. The van der Waals surface area contributed by atoms with Gasteiger partial charge in [-0.1, -0.05) is 19.4 Å². The summed E-state index contributed by atoms with van der Waals surface area (Å²) in [6.07, 6.45) is 2.02.